The first-order valence-electron chi connectivity index (χ1n) is 5.70. The number of alkyl halides is 1. The van der Waals surface area contributed by atoms with Crippen molar-refractivity contribution >= 4 is 17.5 Å². The van der Waals surface area contributed by atoms with E-state index >= 15 is 0 Å². The molecule has 1 aliphatic rings. The monoisotopic (exact) mass is 237 g/mol. The van der Waals surface area contributed by atoms with Crippen LogP contribution >= 0.6 is 11.6 Å². The molecule has 2 rings (SSSR count). The van der Waals surface area contributed by atoms with Crippen molar-refractivity contribution in [2.75, 3.05) is 0 Å². The van der Waals surface area contributed by atoms with Crippen molar-refractivity contribution in [1.29, 1.82) is 0 Å². The zero-order valence-corrected chi connectivity index (χ0v) is 9.91. The number of nitrogens with two attached hydrogens (primary N) is 1. The molecular weight excluding hydrogens is 222 g/mol. The molecule has 0 spiro atoms. The molecule has 0 aromatic heterocycles. The van der Waals surface area contributed by atoms with E-state index < -0.39 is 0 Å². The Labute approximate surface area is 101 Å². The summed E-state index contributed by atoms with van der Waals surface area (Å²) in [6.45, 7) is 0. The summed E-state index contributed by atoms with van der Waals surface area (Å²) >= 11 is 6.08. The fourth-order valence-electron chi connectivity index (χ4n) is 2.31. The van der Waals surface area contributed by atoms with Crippen LogP contribution in [0.25, 0.3) is 0 Å². The molecule has 0 heterocycles. The van der Waals surface area contributed by atoms with E-state index in [0.717, 1.165) is 25.7 Å². The van der Waals surface area contributed by atoms with Crippen LogP contribution in [-0.4, -0.2) is 11.3 Å². The maximum absolute atomic E-state index is 10.9. The molecular formula is C13H16ClNO. The molecule has 1 saturated carbocycles. The topological polar surface area (TPSA) is 43.1 Å². The Kier molecular flexibility index (Phi) is 3.49. The molecule has 16 heavy (non-hydrogen) atoms. The Morgan fingerprint density at radius 1 is 1.12 bits per heavy atom. The molecule has 0 saturated heterocycles. The van der Waals surface area contributed by atoms with Crippen LogP contribution in [0.2, 0.25) is 0 Å². The van der Waals surface area contributed by atoms with Crippen molar-refractivity contribution in [3.8, 4) is 0 Å². The largest absolute Gasteiger partial charge is 0.366 e. The minimum absolute atomic E-state index is 0.348. The Hall–Kier alpha value is -1.02. The lowest BCUT2D eigenvalue weighted by molar-refractivity contribution is 0.100. The molecule has 3 heteroatoms. The summed E-state index contributed by atoms with van der Waals surface area (Å²) in [6, 6.07) is 7.65. The highest BCUT2D eigenvalue weighted by molar-refractivity contribution is 6.20. The van der Waals surface area contributed by atoms with Gasteiger partial charge in [0, 0.05) is 10.9 Å². The number of halogens is 1. The smallest absolute Gasteiger partial charge is 0.248 e. The lowest BCUT2D eigenvalue weighted by atomic mass is 9.83. The van der Waals surface area contributed by atoms with E-state index in [1.165, 1.54) is 5.56 Å². The zero-order valence-electron chi connectivity index (χ0n) is 9.16. The van der Waals surface area contributed by atoms with Gasteiger partial charge in [-0.05, 0) is 49.3 Å². The highest BCUT2D eigenvalue weighted by Gasteiger charge is 2.20. The van der Waals surface area contributed by atoms with Crippen LogP contribution in [0.15, 0.2) is 24.3 Å². The van der Waals surface area contributed by atoms with Crippen LogP contribution in [0.3, 0.4) is 0 Å². The van der Waals surface area contributed by atoms with E-state index in [9.17, 15) is 4.79 Å². The number of carbonyl (C=O) groups is 1. The van der Waals surface area contributed by atoms with Gasteiger partial charge < -0.3 is 5.73 Å². The van der Waals surface area contributed by atoms with Crippen LogP contribution in [0.1, 0.15) is 47.5 Å². The van der Waals surface area contributed by atoms with Crippen molar-refractivity contribution in [1.82, 2.24) is 0 Å². The van der Waals surface area contributed by atoms with Gasteiger partial charge in [-0.3, -0.25) is 4.79 Å². The summed E-state index contributed by atoms with van der Waals surface area (Å²) in [5, 5.41) is 0.348. The van der Waals surface area contributed by atoms with E-state index in [1.54, 1.807) is 0 Å². The van der Waals surface area contributed by atoms with Crippen molar-refractivity contribution in [3.63, 3.8) is 0 Å². The van der Waals surface area contributed by atoms with Gasteiger partial charge >= 0.3 is 0 Å². The molecule has 0 aliphatic heterocycles. The summed E-state index contributed by atoms with van der Waals surface area (Å²) in [6.07, 6.45) is 4.46. The molecule has 1 aromatic rings. The molecule has 0 unspecified atom stereocenters. The second-order valence-corrected chi connectivity index (χ2v) is 5.05. The molecule has 2 N–H and O–H groups in total. The summed E-state index contributed by atoms with van der Waals surface area (Å²) in [5.41, 5.74) is 7.08. The number of rotatable bonds is 2. The summed E-state index contributed by atoms with van der Waals surface area (Å²) in [5.74, 6) is 0.230. The van der Waals surface area contributed by atoms with Crippen molar-refractivity contribution in [3.05, 3.63) is 35.4 Å². The fraction of sp³-hybridized carbons (Fsp3) is 0.462. The Balaban J connectivity index is 2.07. The zero-order chi connectivity index (χ0) is 11.5. The van der Waals surface area contributed by atoms with E-state index in [0.29, 0.717) is 16.9 Å². The summed E-state index contributed by atoms with van der Waals surface area (Å²) in [4.78, 5) is 10.9. The standard InChI is InChI=1S/C13H16ClNO/c14-12-7-5-10(6-8-12)9-1-3-11(4-2-9)13(15)16/h1-4,10,12H,5-8H2,(H2,15,16). The number of amides is 1. The van der Waals surface area contributed by atoms with Gasteiger partial charge in [0.1, 0.15) is 0 Å². The molecule has 0 atom stereocenters. The Morgan fingerprint density at radius 3 is 2.19 bits per heavy atom. The van der Waals surface area contributed by atoms with Gasteiger partial charge in [0.05, 0.1) is 0 Å². The molecule has 0 bridgehead atoms. The predicted octanol–water partition coefficient (Wildman–Crippen LogP) is 3.05. The molecule has 86 valence electrons. The van der Waals surface area contributed by atoms with Crippen LogP contribution in [0, 0.1) is 0 Å². The second kappa shape index (κ2) is 4.88. The van der Waals surface area contributed by atoms with Gasteiger partial charge in [-0.1, -0.05) is 12.1 Å². The third kappa shape index (κ3) is 2.56. The minimum Gasteiger partial charge on any atom is -0.366 e. The molecule has 0 radical (unpaired) electrons. The van der Waals surface area contributed by atoms with E-state index in [4.69, 9.17) is 17.3 Å². The predicted molar refractivity (Wildman–Crippen MR) is 65.8 cm³/mol. The lowest BCUT2D eigenvalue weighted by Crippen LogP contribution is -2.14. The van der Waals surface area contributed by atoms with Gasteiger partial charge in [0.25, 0.3) is 0 Å². The molecule has 1 aliphatic carbocycles. The average Bonchev–Trinajstić information content (AvgIpc) is 2.30. The number of hydrogen-bond acceptors (Lipinski definition) is 1. The van der Waals surface area contributed by atoms with Crippen molar-refractivity contribution in [2.45, 2.75) is 37.0 Å². The van der Waals surface area contributed by atoms with Gasteiger partial charge in [-0.2, -0.15) is 0 Å². The third-order valence-electron chi connectivity index (χ3n) is 3.32. The molecule has 1 amide bonds. The number of primary amides is 1. The highest BCUT2D eigenvalue weighted by Crippen LogP contribution is 2.34. The summed E-state index contributed by atoms with van der Waals surface area (Å²) in [7, 11) is 0. The molecule has 2 nitrogen and oxygen atoms in total. The van der Waals surface area contributed by atoms with Crippen LogP contribution in [-0.2, 0) is 0 Å². The third-order valence-corrected chi connectivity index (χ3v) is 3.76. The molecule has 1 fully saturated rings. The van der Waals surface area contributed by atoms with Crippen LogP contribution < -0.4 is 5.73 Å². The van der Waals surface area contributed by atoms with Crippen LogP contribution in [0.5, 0.6) is 0 Å². The second-order valence-electron chi connectivity index (χ2n) is 4.44. The maximum Gasteiger partial charge on any atom is 0.248 e. The van der Waals surface area contributed by atoms with E-state index in [-0.39, 0.29) is 5.91 Å². The Bertz CT molecular complexity index is 366. The molecule has 1 aromatic carbocycles. The fourth-order valence-corrected chi connectivity index (χ4v) is 2.56. The highest BCUT2D eigenvalue weighted by atomic mass is 35.5. The maximum atomic E-state index is 10.9. The van der Waals surface area contributed by atoms with Crippen molar-refractivity contribution < 1.29 is 4.79 Å². The Morgan fingerprint density at radius 2 is 1.69 bits per heavy atom. The van der Waals surface area contributed by atoms with Gasteiger partial charge in [0.15, 0.2) is 0 Å². The van der Waals surface area contributed by atoms with Crippen molar-refractivity contribution in [2.24, 2.45) is 5.73 Å². The van der Waals surface area contributed by atoms with Crippen LogP contribution in [0.4, 0.5) is 0 Å². The first-order chi connectivity index (χ1) is 7.66. The first kappa shape index (κ1) is 11.5. The van der Waals surface area contributed by atoms with Gasteiger partial charge in [-0.25, -0.2) is 0 Å². The van der Waals surface area contributed by atoms with E-state index in [2.05, 4.69) is 0 Å². The number of benzene rings is 1. The number of carbonyl (C=O) groups excluding carboxylic acids is 1. The quantitative estimate of drug-likeness (QED) is 0.790. The van der Waals surface area contributed by atoms with E-state index in [1.807, 2.05) is 24.3 Å². The minimum atomic E-state index is -0.365. The average molecular weight is 238 g/mol. The normalized spacial score (nSPS) is 25.3. The number of hydrogen-bond donors (Lipinski definition) is 1. The first-order valence-corrected chi connectivity index (χ1v) is 6.14. The summed E-state index contributed by atoms with van der Waals surface area (Å²) < 4.78 is 0. The van der Waals surface area contributed by atoms with Gasteiger partial charge in [-0.15, -0.1) is 11.6 Å². The SMILES string of the molecule is NC(=O)c1ccc(C2CCC(Cl)CC2)cc1. The lowest BCUT2D eigenvalue weighted by Gasteiger charge is -2.25. The van der Waals surface area contributed by atoms with Gasteiger partial charge in [0.2, 0.25) is 5.91 Å².